The quantitative estimate of drug-likeness (QED) is 0.909. The molecule has 0 spiro atoms. The molecular formula is C18H25N3O. The van der Waals surface area contributed by atoms with E-state index in [2.05, 4.69) is 46.9 Å². The molecule has 1 aromatic heterocycles. The first-order chi connectivity index (χ1) is 10.7. The zero-order chi connectivity index (χ0) is 15.4. The summed E-state index contributed by atoms with van der Waals surface area (Å²) in [4.78, 5) is 10.3. The number of benzene rings is 1. The minimum absolute atomic E-state index is 0.209. The van der Waals surface area contributed by atoms with Gasteiger partial charge < -0.3 is 9.72 Å². The van der Waals surface area contributed by atoms with Crippen LogP contribution in [-0.2, 0) is 6.54 Å². The van der Waals surface area contributed by atoms with E-state index in [0.29, 0.717) is 6.04 Å². The molecule has 2 aromatic rings. The third kappa shape index (κ3) is 3.69. The molecule has 0 amide bonds. The lowest BCUT2D eigenvalue weighted by Gasteiger charge is -2.34. The van der Waals surface area contributed by atoms with Crippen molar-refractivity contribution in [3.05, 3.63) is 48.0 Å². The summed E-state index contributed by atoms with van der Waals surface area (Å²) in [5.41, 5.74) is 1.30. The molecule has 1 unspecified atom stereocenters. The minimum atomic E-state index is 0.209. The Morgan fingerprint density at radius 1 is 1.36 bits per heavy atom. The van der Waals surface area contributed by atoms with Crippen LogP contribution in [0, 0.1) is 0 Å². The molecule has 0 saturated carbocycles. The molecule has 0 bridgehead atoms. The van der Waals surface area contributed by atoms with E-state index >= 15 is 0 Å². The summed E-state index contributed by atoms with van der Waals surface area (Å²) >= 11 is 0. The van der Waals surface area contributed by atoms with Crippen LogP contribution in [0.5, 0.6) is 5.75 Å². The predicted octanol–water partition coefficient (Wildman–Crippen LogP) is 3.92. The molecule has 2 heterocycles. The fraction of sp³-hybridized carbons (Fsp3) is 0.500. The molecule has 4 nitrogen and oxygen atoms in total. The molecule has 1 fully saturated rings. The average Bonchev–Trinajstić information content (AvgIpc) is 3.01. The molecule has 1 aliphatic heterocycles. The summed E-state index contributed by atoms with van der Waals surface area (Å²) in [6.45, 7) is 6.19. The fourth-order valence-electron chi connectivity index (χ4n) is 3.17. The second-order valence-corrected chi connectivity index (χ2v) is 6.27. The number of likely N-dealkylation sites (tertiary alicyclic amines) is 1. The monoisotopic (exact) mass is 299 g/mol. The summed E-state index contributed by atoms with van der Waals surface area (Å²) in [7, 11) is 0. The number of hydrogen-bond donors (Lipinski definition) is 1. The van der Waals surface area contributed by atoms with E-state index in [1.165, 1.54) is 24.8 Å². The number of hydrogen-bond acceptors (Lipinski definition) is 3. The van der Waals surface area contributed by atoms with Crippen molar-refractivity contribution in [2.45, 2.75) is 51.8 Å². The molecule has 118 valence electrons. The lowest BCUT2D eigenvalue weighted by molar-refractivity contribution is 0.134. The van der Waals surface area contributed by atoms with Gasteiger partial charge in [-0.25, -0.2) is 4.98 Å². The Hall–Kier alpha value is -1.81. The van der Waals surface area contributed by atoms with E-state index in [1.807, 2.05) is 18.5 Å². The third-order valence-corrected chi connectivity index (χ3v) is 4.10. The van der Waals surface area contributed by atoms with Gasteiger partial charge in [0.1, 0.15) is 11.6 Å². The first-order valence-corrected chi connectivity index (χ1v) is 8.21. The molecule has 1 atom stereocenters. The van der Waals surface area contributed by atoms with Crippen LogP contribution in [0.15, 0.2) is 36.7 Å². The van der Waals surface area contributed by atoms with Crippen molar-refractivity contribution in [2.75, 3.05) is 6.54 Å². The van der Waals surface area contributed by atoms with Gasteiger partial charge in [0.25, 0.3) is 0 Å². The molecule has 1 saturated heterocycles. The number of imidazole rings is 1. The van der Waals surface area contributed by atoms with Gasteiger partial charge in [-0.3, -0.25) is 4.90 Å². The summed E-state index contributed by atoms with van der Waals surface area (Å²) in [6.07, 6.45) is 7.69. The summed E-state index contributed by atoms with van der Waals surface area (Å²) in [6, 6.07) is 8.86. The molecular weight excluding hydrogens is 274 g/mol. The normalized spacial score (nSPS) is 19.5. The van der Waals surface area contributed by atoms with E-state index in [0.717, 1.165) is 24.7 Å². The summed E-state index contributed by atoms with van der Waals surface area (Å²) < 4.78 is 5.81. The maximum atomic E-state index is 5.81. The van der Waals surface area contributed by atoms with Crippen molar-refractivity contribution in [2.24, 2.45) is 0 Å². The van der Waals surface area contributed by atoms with Gasteiger partial charge in [-0.15, -0.1) is 0 Å². The third-order valence-electron chi connectivity index (χ3n) is 4.10. The number of piperidine rings is 1. The van der Waals surface area contributed by atoms with Gasteiger partial charge in [0.05, 0.1) is 12.1 Å². The lowest BCUT2D eigenvalue weighted by atomic mass is 10.0. The Balaban J connectivity index is 1.73. The Morgan fingerprint density at radius 3 is 3.05 bits per heavy atom. The molecule has 4 heteroatoms. The molecule has 3 rings (SSSR count). The Bertz CT molecular complexity index is 580. The van der Waals surface area contributed by atoms with Crippen molar-refractivity contribution in [1.82, 2.24) is 14.9 Å². The van der Waals surface area contributed by atoms with Crippen molar-refractivity contribution in [3.8, 4) is 5.75 Å². The standard InChI is InChI=1S/C18H25N3O/c1-14(2)22-16-7-5-6-15(12-16)13-21-11-4-3-8-17(21)18-19-9-10-20-18/h5-7,9-10,12,14,17H,3-4,8,11,13H2,1-2H3,(H,19,20). The Kier molecular flexibility index (Phi) is 4.78. The highest BCUT2D eigenvalue weighted by Gasteiger charge is 2.25. The Labute approximate surface area is 132 Å². The van der Waals surface area contributed by atoms with Gasteiger partial charge in [0.15, 0.2) is 0 Å². The molecule has 1 aromatic carbocycles. The van der Waals surface area contributed by atoms with E-state index in [4.69, 9.17) is 4.74 Å². The van der Waals surface area contributed by atoms with Crippen molar-refractivity contribution >= 4 is 0 Å². The lowest BCUT2D eigenvalue weighted by Crippen LogP contribution is -2.33. The highest BCUT2D eigenvalue weighted by molar-refractivity contribution is 5.28. The van der Waals surface area contributed by atoms with Crippen LogP contribution in [-0.4, -0.2) is 27.5 Å². The average molecular weight is 299 g/mol. The van der Waals surface area contributed by atoms with Gasteiger partial charge in [-0.1, -0.05) is 18.6 Å². The summed E-state index contributed by atoms with van der Waals surface area (Å²) in [5.74, 6) is 2.05. The highest BCUT2D eigenvalue weighted by Crippen LogP contribution is 2.30. The van der Waals surface area contributed by atoms with Gasteiger partial charge in [-0.05, 0) is 50.9 Å². The maximum Gasteiger partial charge on any atom is 0.123 e. The second-order valence-electron chi connectivity index (χ2n) is 6.27. The van der Waals surface area contributed by atoms with Crippen molar-refractivity contribution in [1.29, 1.82) is 0 Å². The Morgan fingerprint density at radius 2 is 2.27 bits per heavy atom. The van der Waals surface area contributed by atoms with E-state index in [1.54, 1.807) is 0 Å². The number of aromatic nitrogens is 2. The molecule has 1 aliphatic rings. The smallest absolute Gasteiger partial charge is 0.123 e. The molecule has 0 radical (unpaired) electrons. The van der Waals surface area contributed by atoms with Gasteiger partial charge >= 0.3 is 0 Å². The van der Waals surface area contributed by atoms with E-state index < -0.39 is 0 Å². The number of rotatable bonds is 5. The number of nitrogens with zero attached hydrogens (tertiary/aromatic N) is 2. The number of nitrogens with one attached hydrogen (secondary N) is 1. The van der Waals surface area contributed by atoms with Crippen molar-refractivity contribution in [3.63, 3.8) is 0 Å². The van der Waals surface area contributed by atoms with Crippen LogP contribution < -0.4 is 4.74 Å². The van der Waals surface area contributed by atoms with Crippen LogP contribution in [0.1, 0.15) is 50.5 Å². The van der Waals surface area contributed by atoms with Gasteiger partial charge in [0.2, 0.25) is 0 Å². The molecule has 0 aliphatic carbocycles. The number of aromatic amines is 1. The fourth-order valence-corrected chi connectivity index (χ4v) is 3.17. The largest absolute Gasteiger partial charge is 0.491 e. The minimum Gasteiger partial charge on any atom is -0.491 e. The van der Waals surface area contributed by atoms with E-state index in [-0.39, 0.29) is 6.10 Å². The van der Waals surface area contributed by atoms with Crippen LogP contribution >= 0.6 is 0 Å². The zero-order valence-corrected chi connectivity index (χ0v) is 13.5. The summed E-state index contributed by atoms with van der Waals surface area (Å²) in [5, 5.41) is 0. The van der Waals surface area contributed by atoms with Crippen molar-refractivity contribution < 1.29 is 4.74 Å². The first kappa shape index (κ1) is 15.1. The number of H-pyrrole nitrogens is 1. The van der Waals surface area contributed by atoms with E-state index in [9.17, 15) is 0 Å². The second kappa shape index (κ2) is 6.97. The highest BCUT2D eigenvalue weighted by atomic mass is 16.5. The zero-order valence-electron chi connectivity index (χ0n) is 13.5. The van der Waals surface area contributed by atoms with Gasteiger partial charge in [-0.2, -0.15) is 0 Å². The topological polar surface area (TPSA) is 41.1 Å². The van der Waals surface area contributed by atoms with Gasteiger partial charge in [0, 0.05) is 18.9 Å². The maximum absolute atomic E-state index is 5.81. The SMILES string of the molecule is CC(C)Oc1cccc(CN2CCCCC2c2ncc[nH]2)c1. The molecule has 1 N–H and O–H groups in total. The molecule has 22 heavy (non-hydrogen) atoms. The first-order valence-electron chi connectivity index (χ1n) is 8.21. The van der Waals surface area contributed by atoms with Crippen LogP contribution in [0.2, 0.25) is 0 Å². The van der Waals surface area contributed by atoms with Crippen LogP contribution in [0.25, 0.3) is 0 Å². The van der Waals surface area contributed by atoms with Crippen LogP contribution in [0.4, 0.5) is 0 Å². The predicted molar refractivity (Wildman–Crippen MR) is 87.8 cm³/mol. The number of ether oxygens (including phenoxy) is 1. The van der Waals surface area contributed by atoms with Crippen LogP contribution in [0.3, 0.4) is 0 Å².